The van der Waals surface area contributed by atoms with E-state index >= 15 is 0 Å². The number of hydrogen-bond acceptors (Lipinski definition) is 4. The van der Waals surface area contributed by atoms with E-state index in [4.69, 9.17) is 5.11 Å². The Labute approximate surface area is 96.5 Å². The zero-order chi connectivity index (χ0) is 11.4. The third-order valence-corrected chi connectivity index (χ3v) is 3.00. The number of aliphatic hydroxyl groups is 1. The monoisotopic (exact) mass is 221 g/mol. The van der Waals surface area contributed by atoms with Crippen LogP contribution in [0.3, 0.4) is 0 Å². The van der Waals surface area contributed by atoms with Gasteiger partial charge in [0, 0.05) is 19.6 Å². The van der Waals surface area contributed by atoms with Gasteiger partial charge < -0.3 is 14.9 Å². The minimum Gasteiger partial charge on any atom is -0.390 e. The maximum Gasteiger partial charge on any atom is 0.128 e. The van der Waals surface area contributed by atoms with Gasteiger partial charge in [-0.2, -0.15) is 0 Å². The quantitative estimate of drug-likeness (QED) is 0.798. The average molecular weight is 221 g/mol. The summed E-state index contributed by atoms with van der Waals surface area (Å²) in [6.07, 6.45) is 1.17. The molecule has 0 aliphatic carbocycles. The number of nitrogens with zero attached hydrogens (tertiary/aromatic N) is 3. The second-order valence-electron chi connectivity index (χ2n) is 4.29. The molecule has 0 bridgehead atoms. The van der Waals surface area contributed by atoms with Crippen LogP contribution in [0, 0.1) is 0 Å². The fourth-order valence-electron chi connectivity index (χ4n) is 2.01. The zero-order valence-electron chi connectivity index (χ0n) is 9.76. The molecule has 0 unspecified atom stereocenters. The molecule has 0 aromatic carbocycles. The molecule has 1 aromatic rings. The summed E-state index contributed by atoms with van der Waals surface area (Å²) in [7, 11) is 2.15. The molecule has 1 aromatic heterocycles. The van der Waals surface area contributed by atoms with Gasteiger partial charge in [-0.15, -0.1) is 0 Å². The summed E-state index contributed by atoms with van der Waals surface area (Å²) in [5, 5.41) is 9.07. The van der Waals surface area contributed by atoms with Crippen molar-refractivity contribution < 1.29 is 5.11 Å². The summed E-state index contributed by atoms with van der Waals surface area (Å²) in [6.45, 7) is 4.30. The number of aliphatic hydroxyl groups excluding tert-OH is 1. The largest absolute Gasteiger partial charge is 0.390 e. The van der Waals surface area contributed by atoms with E-state index in [9.17, 15) is 0 Å². The fourth-order valence-corrected chi connectivity index (χ4v) is 2.01. The van der Waals surface area contributed by atoms with Crippen molar-refractivity contribution >= 4 is 5.82 Å². The summed E-state index contributed by atoms with van der Waals surface area (Å²) < 4.78 is 0. The minimum absolute atomic E-state index is 0.0155. The number of aromatic nitrogens is 1. The highest BCUT2D eigenvalue weighted by Crippen LogP contribution is 2.13. The highest BCUT2D eigenvalue weighted by molar-refractivity contribution is 5.39. The van der Waals surface area contributed by atoms with Crippen LogP contribution >= 0.6 is 0 Å². The lowest BCUT2D eigenvalue weighted by atomic mass is 10.3. The van der Waals surface area contributed by atoms with Crippen LogP contribution in [0.1, 0.15) is 12.1 Å². The lowest BCUT2D eigenvalue weighted by Crippen LogP contribution is -2.29. The van der Waals surface area contributed by atoms with E-state index in [0.717, 1.165) is 37.7 Å². The number of pyridine rings is 1. The number of anilines is 1. The smallest absolute Gasteiger partial charge is 0.128 e. The maximum absolute atomic E-state index is 9.07. The predicted octanol–water partition coefficient (Wildman–Crippen LogP) is 0.716. The zero-order valence-corrected chi connectivity index (χ0v) is 9.76. The number of likely N-dealkylation sites (N-methyl/N-ethyl adjacent to an activating group) is 1. The lowest BCUT2D eigenvalue weighted by Gasteiger charge is -2.21. The summed E-state index contributed by atoms with van der Waals surface area (Å²) >= 11 is 0. The summed E-state index contributed by atoms with van der Waals surface area (Å²) in [4.78, 5) is 9.08. The van der Waals surface area contributed by atoms with Gasteiger partial charge >= 0.3 is 0 Å². The third kappa shape index (κ3) is 2.71. The SMILES string of the molecule is CN1CCCN(c2cccc(CO)n2)CC1. The Kier molecular flexibility index (Phi) is 3.74. The van der Waals surface area contributed by atoms with E-state index in [1.807, 2.05) is 18.2 Å². The van der Waals surface area contributed by atoms with Gasteiger partial charge in [0.05, 0.1) is 12.3 Å². The van der Waals surface area contributed by atoms with Crippen LogP contribution in [-0.4, -0.2) is 48.2 Å². The first-order valence-electron chi connectivity index (χ1n) is 5.80. The van der Waals surface area contributed by atoms with Crippen molar-refractivity contribution in [2.75, 3.05) is 38.1 Å². The Hall–Kier alpha value is -1.13. The van der Waals surface area contributed by atoms with E-state index < -0.39 is 0 Å². The van der Waals surface area contributed by atoms with Gasteiger partial charge in [0.1, 0.15) is 5.82 Å². The van der Waals surface area contributed by atoms with Crippen molar-refractivity contribution in [2.24, 2.45) is 0 Å². The van der Waals surface area contributed by atoms with E-state index in [1.165, 1.54) is 6.42 Å². The summed E-state index contributed by atoms with van der Waals surface area (Å²) in [5.41, 5.74) is 0.745. The first-order valence-corrected chi connectivity index (χ1v) is 5.80. The van der Waals surface area contributed by atoms with Crippen LogP contribution in [0.15, 0.2) is 18.2 Å². The first-order chi connectivity index (χ1) is 7.79. The second kappa shape index (κ2) is 5.27. The minimum atomic E-state index is 0.0155. The van der Waals surface area contributed by atoms with Crippen molar-refractivity contribution in [2.45, 2.75) is 13.0 Å². The molecule has 4 nitrogen and oxygen atoms in total. The Morgan fingerprint density at radius 3 is 2.94 bits per heavy atom. The first kappa shape index (κ1) is 11.4. The van der Waals surface area contributed by atoms with E-state index in [2.05, 4.69) is 21.8 Å². The van der Waals surface area contributed by atoms with Crippen LogP contribution in [0.5, 0.6) is 0 Å². The molecule has 0 radical (unpaired) electrons. The van der Waals surface area contributed by atoms with E-state index in [-0.39, 0.29) is 6.61 Å². The molecule has 1 fully saturated rings. The van der Waals surface area contributed by atoms with Crippen LogP contribution in [-0.2, 0) is 6.61 Å². The molecule has 0 amide bonds. The second-order valence-corrected chi connectivity index (χ2v) is 4.29. The number of rotatable bonds is 2. The molecule has 16 heavy (non-hydrogen) atoms. The molecule has 0 saturated carbocycles. The summed E-state index contributed by atoms with van der Waals surface area (Å²) in [5.74, 6) is 0.988. The maximum atomic E-state index is 9.07. The molecule has 1 saturated heterocycles. The van der Waals surface area contributed by atoms with Gasteiger partial charge in [-0.3, -0.25) is 0 Å². The molecule has 0 atom stereocenters. The Morgan fingerprint density at radius 2 is 2.12 bits per heavy atom. The van der Waals surface area contributed by atoms with Crippen LogP contribution < -0.4 is 4.90 Å². The van der Waals surface area contributed by atoms with Gasteiger partial charge in [0.25, 0.3) is 0 Å². The van der Waals surface area contributed by atoms with Gasteiger partial charge in [-0.25, -0.2) is 4.98 Å². The molecular formula is C12H19N3O. The van der Waals surface area contributed by atoms with Gasteiger partial charge in [-0.05, 0) is 32.1 Å². The standard InChI is InChI=1S/C12H19N3O/c1-14-6-3-7-15(9-8-14)12-5-2-4-11(10-16)13-12/h2,4-5,16H,3,6-10H2,1H3. The van der Waals surface area contributed by atoms with E-state index in [0.29, 0.717) is 0 Å². The number of hydrogen-bond donors (Lipinski definition) is 1. The van der Waals surface area contributed by atoms with Gasteiger partial charge in [0.15, 0.2) is 0 Å². The Bertz CT molecular complexity index is 343. The highest BCUT2D eigenvalue weighted by atomic mass is 16.3. The molecule has 88 valence electrons. The molecule has 4 heteroatoms. The van der Waals surface area contributed by atoms with Crippen LogP contribution in [0.4, 0.5) is 5.82 Å². The molecule has 0 spiro atoms. The predicted molar refractivity (Wildman–Crippen MR) is 64.5 cm³/mol. The fraction of sp³-hybridized carbons (Fsp3) is 0.583. The van der Waals surface area contributed by atoms with Crippen molar-refractivity contribution in [3.63, 3.8) is 0 Å². The Morgan fingerprint density at radius 1 is 1.25 bits per heavy atom. The van der Waals surface area contributed by atoms with Crippen LogP contribution in [0.25, 0.3) is 0 Å². The highest BCUT2D eigenvalue weighted by Gasteiger charge is 2.13. The molecule has 2 heterocycles. The van der Waals surface area contributed by atoms with E-state index in [1.54, 1.807) is 0 Å². The summed E-state index contributed by atoms with van der Waals surface area (Å²) in [6, 6.07) is 5.83. The molecule has 1 aliphatic rings. The Balaban J connectivity index is 2.10. The van der Waals surface area contributed by atoms with Crippen molar-refractivity contribution in [1.82, 2.24) is 9.88 Å². The van der Waals surface area contributed by atoms with Crippen LogP contribution in [0.2, 0.25) is 0 Å². The third-order valence-electron chi connectivity index (χ3n) is 3.00. The lowest BCUT2D eigenvalue weighted by molar-refractivity contribution is 0.277. The van der Waals surface area contributed by atoms with Crippen molar-refractivity contribution in [3.05, 3.63) is 23.9 Å². The normalized spacial score (nSPS) is 18.5. The molecular weight excluding hydrogens is 202 g/mol. The molecule has 2 rings (SSSR count). The molecule has 1 N–H and O–H groups in total. The topological polar surface area (TPSA) is 39.6 Å². The average Bonchev–Trinajstić information content (AvgIpc) is 2.54. The van der Waals surface area contributed by atoms with Gasteiger partial charge in [0.2, 0.25) is 0 Å². The van der Waals surface area contributed by atoms with Gasteiger partial charge in [-0.1, -0.05) is 6.07 Å². The van der Waals surface area contributed by atoms with Crippen molar-refractivity contribution in [1.29, 1.82) is 0 Å². The molecule has 1 aliphatic heterocycles. The van der Waals surface area contributed by atoms with Crippen molar-refractivity contribution in [3.8, 4) is 0 Å².